The normalized spacial score (nSPS) is 10.2. The minimum Gasteiger partial charge on any atom is -0.322 e. The molecule has 92 valence electrons. The molecule has 2 nitrogen and oxygen atoms in total. The molecule has 0 saturated carbocycles. The predicted octanol–water partition coefficient (Wildman–Crippen LogP) is 4.38. The summed E-state index contributed by atoms with van der Waals surface area (Å²) in [5.74, 6) is -0.907. The number of rotatable bonds is 2. The van der Waals surface area contributed by atoms with E-state index in [2.05, 4.69) is 5.32 Å². The Morgan fingerprint density at radius 1 is 1.06 bits per heavy atom. The number of nitrogens with one attached hydrogen (secondary N) is 1. The van der Waals surface area contributed by atoms with Gasteiger partial charge in [-0.3, -0.25) is 4.79 Å². The average Bonchev–Trinajstić information content (AvgIpc) is 2.34. The summed E-state index contributed by atoms with van der Waals surface area (Å²) in [4.78, 5) is 11.9. The third-order valence-electron chi connectivity index (χ3n) is 2.30. The number of halogens is 3. The zero-order chi connectivity index (χ0) is 13.1. The van der Waals surface area contributed by atoms with Gasteiger partial charge in [0.25, 0.3) is 5.91 Å². The summed E-state index contributed by atoms with van der Waals surface area (Å²) in [6, 6.07) is 10.6. The van der Waals surface area contributed by atoms with Gasteiger partial charge in [0.05, 0.1) is 15.6 Å². The Labute approximate surface area is 113 Å². The molecule has 0 saturated heterocycles. The van der Waals surface area contributed by atoms with E-state index in [1.165, 1.54) is 18.2 Å². The van der Waals surface area contributed by atoms with Crippen molar-refractivity contribution in [2.45, 2.75) is 0 Å². The number of anilines is 1. The number of hydrogen-bond donors (Lipinski definition) is 1. The smallest absolute Gasteiger partial charge is 0.257 e. The van der Waals surface area contributed by atoms with Crippen molar-refractivity contribution in [2.75, 3.05) is 5.32 Å². The van der Waals surface area contributed by atoms with Gasteiger partial charge in [0.15, 0.2) is 0 Å². The topological polar surface area (TPSA) is 29.1 Å². The van der Waals surface area contributed by atoms with E-state index >= 15 is 0 Å². The van der Waals surface area contributed by atoms with Crippen LogP contribution in [0.15, 0.2) is 42.5 Å². The van der Waals surface area contributed by atoms with Crippen molar-refractivity contribution in [1.29, 1.82) is 0 Å². The van der Waals surface area contributed by atoms with Crippen LogP contribution in [-0.4, -0.2) is 5.91 Å². The van der Waals surface area contributed by atoms with Crippen molar-refractivity contribution in [1.82, 2.24) is 0 Å². The molecule has 0 aromatic heterocycles. The first-order valence-electron chi connectivity index (χ1n) is 5.09. The van der Waals surface area contributed by atoms with E-state index in [1.807, 2.05) is 0 Å². The highest BCUT2D eigenvalue weighted by atomic mass is 35.5. The monoisotopic (exact) mass is 283 g/mol. The minimum atomic E-state index is -0.535. The van der Waals surface area contributed by atoms with Crippen LogP contribution in [0.2, 0.25) is 10.0 Å². The molecule has 0 aliphatic rings. The predicted molar refractivity (Wildman–Crippen MR) is 70.8 cm³/mol. The Bertz CT molecular complexity index is 601. The van der Waals surface area contributed by atoms with Crippen LogP contribution in [-0.2, 0) is 0 Å². The van der Waals surface area contributed by atoms with Crippen LogP contribution in [0.4, 0.5) is 10.1 Å². The largest absolute Gasteiger partial charge is 0.322 e. The maximum absolute atomic E-state index is 13.0. The Kier molecular flexibility index (Phi) is 3.84. The lowest BCUT2D eigenvalue weighted by Crippen LogP contribution is -2.12. The maximum Gasteiger partial charge on any atom is 0.257 e. The van der Waals surface area contributed by atoms with Crippen molar-refractivity contribution in [3.05, 3.63) is 63.9 Å². The molecule has 0 spiro atoms. The number of hydrogen-bond acceptors (Lipinski definition) is 1. The van der Waals surface area contributed by atoms with Crippen molar-refractivity contribution in [3.8, 4) is 0 Å². The molecule has 0 aliphatic carbocycles. The lowest BCUT2D eigenvalue weighted by Gasteiger charge is -2.07. The molecule has 2 aromatic carbocycles. The molecule has 18 heavy (non-hydrogen) atoms. The van der Waals surface area contributed by atoms with E-state index in [4.69, 9.17) is 23.2 Å². The van der Waals surface area contributed by atoms with Crippen molar-refractivity contribution in [2.24, 2.45) is 0 Å². The second-order valence-corrected chi connectivity index (χ2v) is 4.38. The fraction of sp³-hybridized carbons (Fsp3) is 0. The van der Waals surface area contributed by atoms with Crippen LogP contribution in [0.25, 0.3) is 0 Å². The highest BCUT2D eigenvalue weighted by Gasteiger charge is 2.10. The highest BCUT2D eigenvalue weighted by Crippen LogP contribution is 2.21. The molecule has 0 radical (unpaired) electrons. The van der Waals surface area contributed by atoms with Gasteiger partial charge in [-0.2, -0.15) is 0 Å². The summed E-state index contributed by atoms with van der Waals surface area (Å²) in [6.07, 6.45) is 0. The van der Waals surface area contributed by atoms with Crippen LogP contribution in [0.1, 0.15) is 10.4 Å². The SMILES string of the molecule is O=C(Nc1ccc(F)c(Cl)c1)c1ccccc1Cl. The molecule has 0 fully saturated rings. The fourth-order valence-corrected chi connectivity index (χ4v) is 1.82. The molecule has 5 heteroatoms. The first kappa shape index (κ1) is 12.9. The molecular formula is C13H8Cl2FNO. The summed E-state index contributed by atoms with van der Waals surface area (Å²) in [5.41, 5.74) is 0.755. The lowest BCUT2D eigenvalue weighted by molar-refractivity contribution is 0.102. The summed E-state index contributed by atoms with van der Waals surface area (Å²) in [6.45, 7) is 0. The Morgan fingerprint density at radius 2 is 1.78 bits per heavy atom. The third-order valence-corrected chi connectivity index (χ3v) is 2.92. The van der Waals surface area contributed by atoms with E-state index < -0.39 is 5.82 Å². The van der Waals surface area contributed by atoms with Crippen molar-refractivity contribution in [3.63, 3.8) is 0 Å². The third kappa shape index (κ3) is 2.81. The van der Waals surface area contributed by atoms with Crippen molar-refractivity contribution < 1.29 is 9.18 Å². The second-order valence-electron chi connectivity index (χ2n) is 3.56. The Morgan fingerprint density at radius 3 is 2.44 bits per heavy atom. The molecule has 0 aliphatic heterocycles. The van der Waals surface area contributed by atoms with Gasteiger partial charge in [0, 0.05) is 5.69 Å². The number of amides is 1. The quantitative estimate of drug-likeness (QED) is 0.870. The van der Waals surface area contributed by atoms with Crippen molar-refractivity contribution >= 4 is 34.8 Å². The first-order valence-corrected chi connectivity index (χ1v) is 5.84. The summed E-state index contributed by atoms with van der Waals surface area (Å²) in [7, 11) is 0. The van der Waals surface area contributed by atoms with Gasteiger partial charge < -0.3 is 5.32 Å². The molecule has 2 rings (SSSR count). The summed E-state index contributed by atoms with van der Waals surface area (Å²) in [5, 5.41) is 2.89. The van der Waals surface area contributed by atoms with E-state index in [1.54, 1.807) is 24.3 Å². The molecular weight excluding hydrogens is 276 g/mol. The fourth-order valence-electron chi connectivity index (χ4n) is 1.42. The molecule has 0 atom stereocenters. The summed E-state index contributed by atoms with van der Waals surface area (Å²) < 4.78 is 13.0. The van der Waals surface area contributed by atoms with Gasteiger partial charge >= 0.3 is 0 Å². The maximum atomic E-state index is 13.0. The van der Waals surface area contributed by atoms with Gasteiger partial charge in [-0.05, 0) is 30.3 Å². The first-order chi connectivity index (χ1) is 8.58. The minimum absolute atomic E-state index is 0.0491. The van der Waals surface area contributed by atoms with Crippen LogP contribution < -0.4 is 5.32 Å². The van der Waals surface area contributed by atoms with E-state index in [0.717, 1.165) is 0 Å². The van der Waals surface area contributed by atoms with Gasteiger partial charge in [-0.25, -0.2) is 4.39 Å². The van der Waals surface area contributed by atoms with Crippen LogP contribution in [0, 0.1) is 5.82 Å². The molecule has 1 N–H and O–H groups in total. The highest BCUT2D eigenvalue weighted by molar-refractivity contribution is 6.34. The van der Waals surface area contributed by atoms with Crippen LogP contribution >= 0.6 is 23.2 Å². The van der Waals surface area contributed by atoms with E-state index in [9.17, 15) is 9.18 Å². The standard InChI is InChI=1S/C13H8Cl2FNO/c14-10-4-2-1-3-9(10)13(18)17-8-5-6-12(16)11(15)7-8/h1-7H,(H,17,18). The number of benzene rings is 2. The Hall–Kier alpha value is -1.58. The van der Waals surface area contributed by atoms with E-state index in [0.29, 0.717) is 16.3 Å². The molecule has 0 bridgehead atoms. The molecule has 1 amide bonds. The molecule has 2 aromatic rings. The van der Waals surface area contributed by atoms with Gasteiger partial charge in [-0.1, -0.05) is 35.3 Å². The van der Waals surface area contributed by atoms with Gasteiger partial charge in [-0.15, -0.1) is 0 Å². The zero-order valence-corrected chi connectivity index (χ0v) is 10.6. The molecule has 0 heterocycles. The lowest BCUT2D eigenvalue weighted by atomic mass is 10.2. The van der Waals surface area contributed by atoms with Crippen LogP contribution in [0.3, 0.4) is 0 Å². The van der Waals surface area contributed by atoms with Crippen LogP contribution in [0.5, 0.6) is 0 Å². The Balaban J connectivity index is 2.22. The number of carbonyl (C=O) groups is 1. The molecule has 0 unspecified atom stereocenters. The summed E-state index contributed by atoms with van der Waals surface area (Å²) >= 11 is 11.5. The second kappa shape index (κ2) is 5.38. The zero-order valence-electron chi connectivity index (χ0n) is 9.08. The van der Waals surface area contributed by atoms with Gasteiger partial charge in [0.1, 0.15) is 5.82 Å². The van der Waals surface area contributed by atoms with Gasteiger partial charge in [0.2, 0.25) is 0 Å². The average molecular weight is 284 g/mol. The number of carbonyl (C=O) groups excluding carboxylic acids is 1. The van der Waals surface area contributed by atoms with E-state index in [-0.39, 0.29) is 10.9 Å².